The minimum absolute atomic E-state index is 0.132. The van der Waals surface area contributed by atoms with Gasteiger partial charge in [0.2, 0.25) is 0 Å². The van der Waals surface area contributed by atoms with Gasteiger partial charge in [-0.1, -0.05) is 123 Å². The molecule has 1 aliphatic carbocycles. The van der Waals surface area contributed by atoms with Gasteiger partial charge in [0, 0.05) is 38.2 Å². The summed E-state index contributed by atoms with van der Waals surface area (Å²) in [6, 6.07) is 61.5. The third kappa shape index (κ3) is 4.17. The number of para-hydroxylation sites is 5. The minimum atomic E-state index is -0.132. The number of benzene rings is 8. The Kier molecular flexibility index (Phi) is 6.09. The van der Waals surface area contributed by atoms with E-state index in [2.05, 4.69) is 193 Å². The molecule has 0 fully saturated rings. The van der Waals surface area contributed by atoms with Gasteiger partial charge in [0.15, 0.2) is 5.82 Å². The van der Waals surface area contributed by atoms with Crippen LogP contribution in [-0.2, 0) is 5.41 Å². The van der Waals surface area contributed by atoms with Crippen molar-refractivity contribution >= 4 is 65.4 Å². The lowest BCUT2D eigenvalue weighted by Crippen LogP contribution is -2.14. The standard InChI is InChI=1S/C51H34N4/c1-51(2)40-21-9-6-19-36(40)48-37(20-14-22-41(48)51)49-50(53-43-24-11-10-23-42(43)52-49)55-45-26-13-8-18-35(45)39-28-31-29-46-38(27-32(31)30-47(39)55)34-17-7-12-25-44(34)54(46)33-15-4-3-5-16-33/h3-30H,1-2H3. The molecule has 0 aliphatic heterocycles. The number of nitrogens with zero attached hydrogens (tertiary/aromatic N) is 4. The van der Waals surface area contributed by atoms with Crippen LogP contribution in [0.1, 0.15) is 25.0 Å². The van der Waals surface area contributed by atoms with Crippen molar-refractivity contribution in [1.82, 2.24) is 19.1 Å². The van der Waals surface area contributed by atoms with Gasteiger partial charge in [0.05, 0.1) is 33.1 Å². The van der Waals surface area contributed by atoms with E-state index in [1.54, 1.807) is 0 Å². The third-order valence-corrected chi connectivity index (χ3v) is 12.1. The first-order valence-corrected chi connectivity index (χ1v) is 19.0. The van der Waals surface area contributed by atoms with E-state index in [1.165, 1.54) is 65.6 Å². The number of hydrogen-bond donors (Lipinski definition) is 0. The normalized spacial score (nSPS) is 13.4. The van der Waals surface area contributed by atoms with Gasteiger partial charge in [-0.25, -0.2) is 9.97 Å². The van der Waals surface area contributed by atoms with Crippen LogP contribution < -0.4 is 0 Å². The van der Waals surface area contributed by atoms with Crippen LogP contribution in [0.3, 0.4) is 0 Å². The van der Waals surface area contributed by atoms with Crippen LogP contribution in [-0.4, -0.2) is 19.1 Å². The molecule has 4 heteroatoms. The predicted molar refractivity (Wildman–Crippen MR) is 229 cm³/mol. The molecule has 0 radical (unpaired) electrons. The highest BCUT2D eigenvalue weighted by atomic mass is 15.1. The predicted octanol–water partition coefficient (Wildman–Crippen LogP) is 13.0. The Morgan fingerprint density at radius 3 is 1.69 bits per heavy atom. The lowest BCUT2D eigenvalue weighted by molar-refractivity contribution is 0.660. The van der Waals surface area contributed by atoms with E-state index >= 15 is 0 Å². The fraction of sp³-hybridized carbons (Fsp3) is 0.0588. The molecule has 1 aliphatic rings. The molecule has 0 bridgehead atoms. The molecule has 3 heterocycles. The highest BCUT2D eigenvalue weighted by Gasteiger charge is 2.37. The van der Waals surface area contributed by atoms with Crippen molar-refractivity contribution in [1.29, 1.82) is 0 Å². The smallest absolute Gasteiger partial charge is 0.165 e. The monoisotopic (exact) mass is 702 g/mol. The van der Waals surface area contributed by atoms with E-state index in [4.69, 9.17) is 9.97 Å². The molecule has 0 saturated carbocycles. The third-order valence-electron chi connectivity index (χ3n) is 12.1. The van der Waals surface area contributed by atoms with Gasteiger partial charge in [-0.2, -0.15) is 0 Å². The number of rotatable bonds is 3. The Bertz CT molecular complexity index is 3400. The summed E-state index contributed by atoms with van der Waals surface area (Å²) in [5.74, 6) is 0.835. The molecule has 0 saturated heterocycles. The first kappa shape index (κ1) is 30.4. The lowest BCUT2D eigenvalue weighted by Gasteiger charge is -2.22. The van der Waals surface area contributed by atoms with Crippen molar-refractivity contribution in [2.24, 2.45) is 0 Å². The summed E-state index contributed by atoms with van der Waals surface area (Å²) in [6.07, 6.45) is 0. The molecule has 55 heavy (non-hydrogen) atoms. The SMILES string of the molecule is CC1(C)c2ccccc2-c2c(-c3nc4ccccc4nc3-n3c4ccccc4c4cc5cc6c(cc5cc43)c3ccccc3n6-c3ccccc3)cccc21. The van der Waals surface area contributed by atoms with Crippen LogP contribution >= 0.6 is 0 Å². The highest BCUT2D eigenvalue weighted by molar-refractivity contribution is 6.18. The zero-order valence-corrected chi connectivity index (χ0v) is 30.5. The quantitative estimate of drug-likeness (QED) is 0.184. The first-order valence-electron chi connectivity index (χ1n) is 19.0. The van der Waals surface area contributed by atoms with Crippen molar-refractivity contribution < 1.29 is 0 Å². The molecule has 12 rings (SSSR count). The fourth-order valence-electron chi connectivity index (χ4n) is 9.54. The zero-order chi connectivity index (χ0) is 36.4. The Morgan fingerprint density at radius 1 is 0.418 bits per heavy atom. The second-order valence-corrected chi connectivity index (χ2v) is 15.4. The van der Waals surface area contributed by atoms with Gasteiger partial charge < -0.3 is 4.57 Å². The van der Waals surface area contributed by atoms with E-state index in [9.17, 15) is 0 Å². The van der Waals surface area contributed by atoms with E-state index < -0.39 is 0 Å². The summed E-state index contributed by atoms with van der Waals surface area (Å²) in [4.78, 5) is 11.0. The summed E-state index contributed by atoms with van der Waals surface area (Å²) >= 11 is 0. The molecule has 0 atom stereocenters. The van der Waals surface area contributed by atoms with Gasteiger partial charge in [0.1, 0.15) is 5.69 Å². The van der Waals surface area contributed by atoms with E-state index in [0.29, 0.717) is 0 Å². The van der Waals surface area contributed by atoms with Gasteiger partial charge >= 0.3 is 0 Å². The van der Waals surface area contributed by atoms with Crippen molar-refractivity contribution in [3.8, 4) is 33.9 Å². The largest absolute Gasteiger partial charge is 0.309 e. The maximum Gasteiger partial charge on any atom is 0.165 e. The molecule has 258 valence electrons. The molecular weight excluding hydrogens is 669 g/mol. The zero-order valence-electron chi connectivity index (χ0n) is 30.5. The topological polar surface area (TPSA) is 35.6 Å². The number of aromatic nitrogens is 4. The Hall–Kier alpha value is -7.04. The summed E-state index contributed by atoms with van der Waals surface area (Å²) in [5, 5.41) is 7.25. The average molecular weight is 703 g/mol. The summed E-state index contributed by atoms with van der Waals surface area (Å²) in [6.45, 7) is 4.67. The maximum atomic E-state index is 5.52. The van der Waals surface area contributed by atoms with E-state index in [1.807, 2.05) is 0 Å². The molecule has 0 spiro atoms. The van der Waals surface area contributed by atoms with Gasteiger partial charge in [-0.05, 0) is 93.7 Å². The van der Waals surface area contributed by atoms with Crippen LogP contribution in [0.2, 0.25) is 0 Å². The fourth-order valence-corrected chi connectivity index (χ4v) is 9.54. The molecule has 4 nitrogen and oxygen atoms in total. The van der Waals surface area contributed by atoms with Crippen molar-refractivity contribution in [2.75, 3.05) is 0 Å². The minimum Gasteiger partial charge on any atom is -0.309 e. The van der Waals surface area contributed by atoms with Crippen molar-refractivity contribution in [3.05, 3.63) is 181 Å². The van der Waals surface area contributed by atoms with Gasteiger partial charge in [-0.15, -0.1) is 0 Å². The molecule has 0 amide bonds. The summed E-state index contributed by atoms with van der Waals surface area (Å²) in [5.41, 5.74) is 14.6. The molecule has 8 aromatic carbocycles. The Morgan fingerprint density at radius 2 is 0.964 bits per heavy atom. The molecule has 0 N–H and O–H groups in total. The molecule has 0 unspecified atom stereocenters. The molecule has 3 aromatic heterocycles. The Labute approximate surface area is 317 Å². The van der Waals surface area contributed by atoms with E-state index in [-0.39, 0.29) is 5.41 Å². The second-order valence-electron chi connectivity index (χ2n) is 15.4. The van der Waals surface area contributed by atoms with E-state index in [0.717, 1.165) is 44.8 Å². The van der Waals surface area contributed by atoms with Crippen LogP contribution in [0.25, 0.3) is 99.3 Å². The molecule has 11 aromatic rings. The van der Waals surface area contributed by atoms with Crippen LogP contribution in [0.4, 0.5) is 0 Å². The maximum absolute atomic E-state index is 5.52. The van der Waals surface area contributed by atoms with Gasteiger partial charge in [0.25, 0.3) is 0 Å². The Balaban J connectivity index is 1.19. The van der Waals surface area contributed by atoms with Crippen LogP contribution in [0, 0.1) is 0 Å². The van der Waals surface area contributed by atoms with Crippen LogP contribution in [0.15, 0.2) is 170 Å². The molecular formula is C51H34N4. The average Bonchev–Trinajstić information content (AvgIpc) is 3.81. The lowest BCUT2D eigenvalue weighted by atomic mass is 9.82. The first-order chi connectivity index (χ1) is 27.0. The summed E-state index contributed by atoms with van der Waals surface area (Å²) < 4.78 is 4.76. The second kappa shape index (κ2) is 11.0. The highest BCUT2D eigenvalue weighted by Crippen LogP contribution is 2.52. The summed E-state index contributed by atoms with van der Waals surface area (Å²) in [7, 11) is 0. The van der Waals surface area contributed by atoms with Gasteiger partial charge in [-0.3, -0.25) is 4.57 Å². The van der Waals surface area contributed by atoms with Crippen molar-refractivity contribution in [3.63, 3.8) is 0 Å². The number of hydrogen-bond acceptors (Lipinski definition) is 2. The van der Waals surface area contributed by atoms with Crippen LogP contribution in [0.5, 0.6) is 0 Å². The number of fused-ring (bicyclic) bond motifs is 11. The van der Waals surface area contributed by atoms with Crippen molar-refractivity contribution in [2.45, 2.75) is 19.3 Å².